The lowest BCUT2D eigenvalue weighted by atomic mass is 9.87. The average Bonchev–Trinajstić information content (AvgIpc) is 3.22. The van der Waals surface area contributed by atoms with Gasteiger partial charge in [0.05, 0.1) is 0 Å². The number of carbonyl (C=O) groups excluding carboxylic acids is 1. The van der Waals surface area contributed by atoms with Gasteiger partial charge in [-0.3, -0.25) is 4.79 Å². The van der Waals surface area contributed by atoms with Crippen LogP contribution < -0.4 is 10.6 Å². The smallest absolute Gasteiger partial charge is 0.221 e. The van der Waals surface area contributed by atoms with Gasteiger partial charge < -0.3 is 15.2 Å². The van der Waals surface area contributed by atoms with Gasteiger partial charge in [0.25, 0.3) is 0 Å². The lowest BCUT2D eigenvalue weighted by Crippen LogP contribution is -2.43. The van der Waals surface area contributed by atoms with E-state index in [-0.39, 0.29) is 17.9 Å². The zero-order valence-corrected chi connectivity index (χ0v) is 19.7. The van der Waals surface area contributed by atoms with Gasteiger partial charge in [0.1, 0.15) is 5.65 Å². The van der Waals surface area contributed by atoms with Crippen LogP contribution in [-0.4, -0.2) is 34.6 Å². The van der Waals surface area contributed by atoms with Crippen LogP contribution in [0.3, 0.4) is 0 Å². The Kier molecular flexibility index (Phi) is 6.72. The number of amides is 1. The molecule has 0 spiro atoms. The molecule has 2 aromatic carbocycles. The first-order valence-corrected chi connectivity index (χ1v) is 12.2. The van der Waals surface area contributed by atoms with Gasteiger partial charge in [-0.2, -0.15) is 0 Å². The highest BCUT2D eigenvalue weighted by Crippen LogP contribution is 2.35. The first-order chi connectivity index (χ1) is 16.7. The lowest BCUT2D eigenvalue weighted by molar-refractivity contribution is -0.122. The molecule has 0 saturated carbocycles. The Balaban J connectivity index is 1.51. The van der Waals surface area contributed by atoms with Crippen LogP contribution in [0.1, 0.15) is 47.4 Å². The number of hydrogen-bond donors (Lipinski definition) is 2. The SMILES string of the molecule is Cc1cccc(C(CC(=O)NC2CCNCC2)c2cn(Cc3ccccc3)c3ncccc23)c1. The average molecular weight is 453 g/mol. The van der Waals surface area contributed by atoms with Crippen molar-refractivity contribution in [2.75, 3.05) is 13.1 Å². The highest BCUT2D eigenvalue weighted by atomic mass is 16.1. The van der Waals surface area contributed by atoms with Gasteiger partial charge in [-0.05, 0) is 61.7 Å². The van der Waals surface area contributed by atoms with E-state index in [4.69, 9.17) is 4.98 Å². The van der Waals surface area contributed by atoms with Crippen LogP contribution in [0.4, 0.5) is 0 Å². The van der Waals surface area contributed by atoms with Crippen LogP contribution in [0.5, 0.6) is 0 Å². The number of nitrogens with one attached hydrogen (secondary N) is 2. The molecule has 5 nitrogen and oxygen atoms in total. The maximum atomic E-state index is 13.2. The number of fused-ring (bicyclic) bond motifs is 1. The number of carbonyl (C=O) groups is 1. The molecule has 2 aromatic heterocycles. The summed E-state index contributed by atoms with van der Waals surface area (Å²) in [5, 5.41) is 7.78. The maximum Gasteiger partial charge on any atom is 0.221 e. The Morgan fingerprint density at radius 2 is 1.91 bits per heavy atom. The van der Waals surface area contributed by atoms with Crippen molar-refractivity contribution in [3.63, 3.8) is 0 Å². The lowest BCUT2D eigenvalue weighted by Gasteiger charge is -2.25. The topological polar surface area (TPSA) is 59.0 Å². The van der Waals surface area contributed by atoms with Gasteiger partial charge >= 0.3 is 0 Å². The monoisotopic (exact) mass is 452 g/mol. The van der Waals surface area contributed by atoms with E-state index in [1.807, 2.05) is 18.3 Å². The van der Waals surface area contributed by atoms with Crippen LogP contribution in [0, 0.1) is 6.92 Å². The van der Waals surface area contributed by atoms with Gasteiger partial charge in [-0.15, -0.1) is 0 Å². The third kappa shape index (κ3) is 5.05. The molecule has 0 aliphatic carbocycles. The third-order valence-electron chi connectivity index (χ3n) is 6.77. The van der Waals surface area contributed by atoms with Crippen LogP contribution in [0.15, 0.2) is 79.1 Å². The number of piperidine rings is 1. The minimum absolute atomic E-state index is 0.0367. The fourth-order valence-electron chi connectivity index (χ4n) is 5.06. The van der Waals surface area contributed by atoms with Crippen LogP contribution in [0.2, 0.25) is 0 Å². The predicted molar refractivity (Wildman–Crippen MR) is 137 cm³/mol. The number of rotatable bonds is 7. The summed E-state index contributed by atoms with van der Waals surface area (Å²) in [4.78, 5) is 18.0. The largest absolute Gasteiger partial charge is 0.353 e. The minimum atomic E-state index is -0.0367. The summed E-state index contributed by atoms with van der Waals surface area (Å²) < 4.78 is 2.22. The van der Waals surface area contributed by atoms with E-state index >= 15 is 0 Å². The van der Waals surface area contributed by atoms with Crippen molar-refractivity contribution >= 4 is 16.9 Å². The Morgan fingerprint density at radius 1 is 1.09 bits per heavy atom. The van der Waals surface area contributed by atoms with E-state index in [9.17, 15) is 4.79 Å². The molecule has 4 aromatic rings. The van der Waals surface area contributed by atoms with Gasteiger partial charge in [0.15, 0.2) is 0 Å². The third-order valence-corrected chi connectivity index (χ3v) is 6.77. The summed E-state index contributed by atoms with van der Waals surface area (Å²) in [5.41, 5.74) is 5.71. The first kappa shape index (κ1) is 22.4. The number of pyridine rings is 1. The van der Waals surface area contributed by atoms with Crippen molar-refractivity contribution in [2.24, 2.45) is 0 Å². The van der Waals surface area contributed by atoms with Crippen molar-refractivity contribution < 1.29 is 4.79 Å². The van der Waals surface area contributed by atoms with E-state index in [1.54, 1.807) is 0 Å². The molecule has 5 rings (SSSR count). The maximum absolute atomic E-state index is 13.2. The van der Waals surface area contributed by atoms with E-state index in [1.165, 1.54) is 16.7 Å². The normalized spacial score (nSPS) is 15.3. The number of aromatic nitrogens is 2. The van der Waals surface area contributed by atoms with E-state index < -0.39 is 0 Å². The summed E-state index contributed by atoms with van der Waals surface area (Å²) in [6.45, 7) is 4.78. The fourth-order valence-corrected chi connectivity index (χ4v) is 5.06. The molecular weight excluding hydrogens is 420 g/mol. The number of benzene rings is 2. The van der Waals surface area contributed by atoms with Gasteiger partial charge in [-0.25, -0.2) is 4.98 Å². The standard InChI is InChI=1S/C29H32N4O/c1-21-7-5-10-23(17-21)26(18-28(34)32-24-12-15-30-16-13-24)27-20-33(19-22-8-3-2-4-9-22)29-25(27)11-6-14-31-29/h2-11,14,17,20,24,26,30H,12-13,15-16,18-19H2,1H3,(H,32,34). The molecule has 1 aliphatic heterocycles. The molecule has 1 unspecified atom stereocenters. The molecule has 3 heterocycles. The molecular formula is C29H32N4O. The molecule has 1 fully saturated rings. The molecule has 1 aliphatic rings. The Morgan fingerprint density at radius 3 is 2.71 bits per heavy atom. The predicted octanol–water partition coefficient (Wildman–Crippen LogP) is 4.78. The summed E-state index contributed by atoms with van der Waals surface area (Å²) in [6, 6.07) is 23.4. The zero-order chi connectivity index (χ0) is 23.3. The number of hydrogen-bond acceptors (Lipinski definition) is 3. The summed E-state index contributed by atoms with van der Waals surface area (Å²) in [6.07, 6.45) is 6.45. The van der Waals surface area contributed by atoms with Crippen LogP contribution in [-0.2, 0) is 11.3 Å². The second kappa shape index (κ2) is 10.2. The van der Waals surface area contributed by atoms with Gasteiger partial charge in [0.2, 0.25) is 5.91 Å². The Labute approximate surface area is 201 Å². The highest BCUT2D eigenvalue weighted by molar-refractivity contribution is 5.84. The minimum Gasteiger partial charge on any atom is -0.353 e. The molecule has 34 heavy (non-hydrogen) atoms. The molecule has 5 heteroatoms. The first-order valence-electron chi connectivity index (χ1n) is 12.2. The second-order valence-electron chi connectivity index (χ2n) is 9.34. The molecule has 1 amide bonds. The Bertz CT molecular complexity index is 1260. The summed E-state index contributed by atoms with van der Waals surface area (Å²) >= 11 is 0. The molecule has 174 valence electrons. The number of nitrogens with zero attached hydrogens (tertiary/aromatic N) is 2. The molecule has 0 bridgehead atoms. The quantitative estimate of drug-likeness (QED) is 0.424. The summed E-state index contributed by atoms with van der Waals surface area (Å²) in [5.74, 6) is 0.0802. The molecule has 1 atom stereocenters. The van der Waals surface area contributed by atoms with Crippen molar-refractivity contribution in [2.45, 2.75) is 44.7 Å². The molecule has 1 saturated heterocycles. The fraction of sp³-hybridized carbons (Fsp3) is 0.310. The second-order valence-corrected chi connectivity index (χ2v) is 9.34. The Hall–Kier alpha value is -3.44. The van der Waals surface area contributed by atoms with Gasteiger partial charge in [0, 0.05) is 42.7 Å². The van der Waals surface area contributed by atoms with Crippen molar-refractivity contribution in [1.29, 1.82) is 0 Å². The van der Waals surface area contributed by atoms with Crippen molar-refractivity contribution in [1.82, 2.24) is 20.2 Å². The zero-order valence-electron chi connectivity index (χ0n) is 19.7. The van der Waals surface area contributed by atoms with E-state index in [2.05, 4.69) is 82.9 Å². The summed E-state index contributed by atoms with van der Waals surface area (Å²) in [7, 11) is 0. The van der Waals surface area contributed by atoms with Crippen LogP contribution >= 0.6 is 0 Å². The molecule has 0 radical (unpaired) electrons. The number of aryl methyl sites for hydroxylation is 1. The van der Waals surface area contributed by atoms with E-state index in [0.717, 1.165) is 49.1 Å². The van der Waals surface area contributed by atoms with Gasteiger partial charge in [-0.1, -0.05) is 60.2 Å². The van der Waals surface area contributed by atoms with Crippen molar-refractivity contribution in [3.05, 3.63) is 101 Å². The van der Waals surface area contributed by atoms with E-state index in [0.29, 0.717) is 6.42 Å². The highest BCUT2D eigenvalue weighted by Gasteiger charge is 2.25. The molecule has 2 N–H and O–H groups in total. The van der Waals surface area contributed by atoms with Crippen molar-refractivity contribution in [3.8, 4) is 0 Å². The van der Waals surface area contributed by atoms with Crippen LogP contribution in [0.25, 0.3) is 11.0 Å².